The van der Waals surface area contributed by atoms with E-state index in [9.17, 15) is 14.7 Å². The van der Waals surface area contributed by atoms with E-state index < -0.39 is 12.1 Å². The van der Waals surface area contributed by atoms with Gasteiger partial charge < -0.3 is 14.6 Å². The predicted octanol–water partition coefficient (Wildman–Crippen LogP) is 8.09. The molecule has 0 saturated heterocycles. The number of carboxylic acid groups (broad SMARTS) is 1. The average molecular weight is 515 g/mol. The minimum Gasteiger partial charge on any atom is -0.479 e. The van der Waals surface area contributed by atoms with E-state index in [1.807, 2.05) is 0 Å². The number of carbonyl (C=O) groups excluding carboxylic acids is 1. The van der Waals surface area contributed by atoms with Crippen molar-refractivity contribution in [2.75, 3.05) is 0 Å². The highest BCUT2D eigenvalue weighted by atomic mass is 16.5. The molecule has 4 aliphatic rings. The van der Waals surface area contributed by atoms with Crippen LogP contribution in [0.1, 0.15) is 119 Å². The van der Waals surface area contributed by atoms with Crippen LogP contribution in [0.2, 0.25) is 0 Å². The largest absolute Gasteiger partial charge is 0.479 e. The molecule has 4 rings (SSSR count). The number of aldehydes is 1. The second kappa shape index (κ2) is 11.5. The van der Waals surface area contributed by atoms with Crippen molar-refractivity contribution in [1.82, 2.24) is 0 Å². The number of aliphatic carboxylic acids is 1. The van der Waals surface area contributed by atoms with Crippen LogP contribution in [-0.2, 0) is 14.3 Å². The molecule has 0 spiro atoms. The van der Waals surface area contributed by atoms with E-state index in [4.69, 9.17) is 4.74 Å². The van der Waals surface area contributed by atoms with E-state index in [-0.39, 0.29) is 17.9 Å². The van der Waals surface area contributed by atoms with Gasteiger partial charge in [-0.15, -0.1) is 0 Å². The SMILES string of the molecule is CC[C@H](CC[C@@H](C)[C@H]1CC[C@H]2[C@@H]3CC=C4C[C@@H](OC(CC=O)C(=O)O)CC[C@]4(C)[C@H]3CC[C@]12C)C(C)C. The Bertz CT molecular complexity index is 847. The Morgan fingerprint density at radius 3 is 2.51 bits per heavy atom. The van der Waals surface area contributed by atoms with Crippen LogP contribution in [0.5, 0.6) is 0 Å². The van der Waals surface area contributed by atoms with E-state index >= 15 is 0 Å². The van der Waals surface area contributed by atoms with Crippen molar-refractivity contribution in [2.24, 2.45) is 52.3 Å². The molecule has 0 aliphatic heterocycles. The summed E-state index contributed by atoms with van der Waals surface area (Å²) in [7, 11) is 0. The van der Waals surface area contributed by atoms with E-state index in [0.29, 0.717) is 11.7 Å². The van der Waals surface area contributed by atoms with Gasteiger partial charge in [0, 0.05) is 6.42 Å². The highest BCUT2D eigenvalue weighted by Gasteiger charge is 2.59. The molecule has 1 unspecified atom stereocenters. The number of hydrogen-bond acceptors (Lipinski definition) is 3. The molecule has 0 bridgehead atoms. The van der Waals surface area contributed by atoms with Crippen molar-refractivity contribution in [1.29, 1.82) is 0 Å². The fraction of sp³-hybridized carbons (Fsp3) is 0.879. The minimum absolute atomic E-state index is 0.0662. The Balaban J connectivity index is 1.43. The zero-order chi connectivity index (χ0) is 27.0. The van der Waals surface area contributed by atoms with Crippen molar-refractivity contribution < 1.29 is 19.4 Å². The highest BCUT2D eigenvalue weighted by molar-refractivity contribution is 5.75. The van der Waals surface area contributed by atoms with Gasteiger partial charge in [0.15, 0.2) is 6.10 Å². The Labute approximate surface area is 226 Å². The average Bonchev–Trinajstić information content (AvgIpc) is 3.21. The molecule has 4 nitrogen and oxygen atoms in total. The topological polar surface area (TPSA) is 63.6 Å². The third-order valence-corrected chi connectivity index (χ3v) is 12.2. The molecule has 3 saturated carbocycles. The van der Waals surface area contributed by atoms with Gasteiger partial charge in [0.25, 0.3) is 0 Å². The molecule has 10 atom stereocenters. The summed E-state index contributed by atoms with van der Waals surface area (Å²) in [5.74, 6) is 4.72. The van der Waals surface area contributed by atoms with Crippen LogP contribution in [0.4, 0.5) is 0 Å². The van der Waals surface area contributed by atoms with Crippen LogP contribution in [0, 0.1) is 52.3 Å². The monoisotopic (exact) mass is 514 g/mol. The van der Waals surface area contributed by atoms with E-state index in [2.05, 4.69) is 47.6 Å². The number of fused-ring (bicyclic) bond motifs is 5. The molecule has 4 aliphatic carbocycles. The summed E-state index contributed by atoms with van der Waals surface area (Å²) in [6.45, 7) is 14.9. The highest BCUT2D eigenvalue weighted by Crippen LogP contribution is 2.67. The van der Waals surface area contributed by atoms with Crippen LogP contribution in [0.15, 0.2) is 11.6 Å². The summed E-state index contributed by atoms with van der Waals surface area (Å²) in [6.07, 6.45) is 15.7. The maximum Gasteiger partial charge on any atom is 0.333 e. The Hall–Kier alpha value is -1.16. The lowest BCUT2D eigenvalue weighted by molar-refractivity contribution is -0.157. The number of hydrogen-bond donors (Lipinski definition) is 1. The lowest BCUT2D eigenvalue weighted by Gasteiger charge is -2.58. The molecule has 0 amide bonds. The zero-order valence-electron chi connectivity index (χ0n) is 24.5. The van der Waals surface area contributed by atoms with Crippen LogP contribution >= 0.6 is 0 Å². The fourth-order valence-corrected chi connectivity index (χ4v) is 9.94. The van der Waals surface area contributed by atoms with Gasteiger partial charge in [-0.1, -0.05) is 66.0 Å². The molecular weight excluding hydrogens is 460 g/mol. The lowest BCUT2D eigenvalue weighted by atomic mass is 9.47. The van der Waals surface area contributed by atoms with E-state index in [0.717, 1.165) is 60.7 Å². The van der Waals surface area contributed by atoms with Crippen molar-refractivity contribution in [3.63, 3.8) is 0 Å². The van der Waals surface area contributed by atoms with Crippen molar-refractivity contribution in [2.45, 2.75) is 131 Å². The molecule has 37 heavy (non-hydrogen) atoms. The van der Waals surface area contributed by atoms with Gasteiger partial charge in [-0.25, -0.2) is 4.79 Å². The van der Waals surface area contributed by atoms with Crippen molar-refractivity contribution >= 4 is 12.3 Å². The first kappa shape index (κ1) is 28.8. The third-order valence-electron chi connectivity index (χ3n) is 12.2. The molecule has 3 fully saturated rings. The molecular formula is C33H54O4. The summed E-state index contributed by atoms with van der Waals surface area (Å²) < 4.78 is 5.94. The quantitative estimate of drug-likeness (QED) is 0.223. The van der Waals surface area contributed by atoms with Gasteiger partial charge in [0.05, 0.1) is 6.10 Å². The molecule has 0 heterocycles. The molecule has 1 N–H and O–H groups in total. The van der Waals surface area contributed by atoms with Crippen LogP contribution in [-0.4, -0.2) is 29.6 Å². The second-order valence-corrected chi connectivity index (χ2v) is 14.2. The molecule has 0 radical (unpaired) electrons. The van der Waals surface area contributed by atoms with Gasteiger partial charge in [0.1, 0.15) is 6.29 Å². The van der Waals surface area contributed by atoms with Crippen molar-refractivity contribution in [3.05, 3.63) is 11.6 Å². The number of carbonyl (C=O) groups is 2. The van der Waals surface area contributed by atoms with Gasteiger partial charge in [-0.3, -0.25) is 0 Å². The first-order chi connectivity index (χ1) is 17.5. The third kappa shape index (κ3) is 5.48. The molecule has 4 heteroatoms. The van der Waals surface area contributed by atoms with Crippen molar-refractivity contribution in [3.8, 4) is 0 Å². The number of rotatable bonds is 11. The summed E-state index contributed by atoms with van der Waals surface area (Å²) in [5, 5.41) is 9.44. The van der Waals surface area contributed by atoms with Gasteiger partial charge in [-0.05, 0) is 110 Å². The first-order valence-electron chi connectivity index (χ1n) is 15.6. The standard InChI is InChI=1S/C33H54O4/c1-7-23(21(2)3)9-8-22(4)27-12-13-28-26-11-10-24-20-25(37-30(16-19-34)31(35)36)14-17-32(24,5)29(26)15-18-33(27,28)6/h10,19,21-23,25-30H,7-9,11-18,20H2,1-6H3,(H,35,36)/t22-,23-,25+,26+,27-,28+,29+,30?,32+,33-/m1/s1. The lowest BCUT2D eigenvalue weighted by Crippen LogP contribution is -2.51. The maximum absolute atomic E-state index is 11.5. The fourth-order valence-electron chi connectivity index (χ4n) is 9.94. The van der Waals surface area contributed by atoms with Gasteiger partial charge >= 0.3 is 5.97 Å². The molecule has 0 aromatic carbocycles. The van der Waals surface area contributed by atoms with Gasteiger partial charge in [-0.2, -0.15) is 0 Å². The number of carboxylic acids is 1. The Kier molecular flexibility index (Phi) is 8.98. The molecule has 0 aromatic rings. The van der Waals surface area contributed by atoms with Crippen LogP contribution in [0.3, 0.4) is 0 Å². The second-order valence-electron chi connectivity index (χ2n) is 14.2. The summed E-state index contributed by atoms with van der Waals surface area (Å²) in [4.78, 5) is 22.5. The van der Waals surface area contributed by atoms with E-state index in [1.54, 1.807) is 0 Å². The molecule has 0 aromatic heterocycles. The smallest absolute Gasteiger partial charge is 0.333 e. The Morgan fingerprint density at radius 2 is 1.86 bits per heavy atom. The van der Waals surface area contributed by atoms with Gasteiger partial charge in [0.2, 0.25) is 0 Å². The summed E-state index contributed by atoms with van der Waals surface area (Å²) in [6, 6.07) is 0. The first-order valence-corrected chi connectivity index (χ1v) is 15.6. The normalized spacial score (nSPS) is 39.6. The number of allylic oxidation sites excluding steroid dienone is 1. The predicted molar refractivity (Wildman–Crippen MR) is 149 cm³/mol. The van der Waals surface area contributed by atoms with Crippen LogP contribution in [0.25, 0.3) is 0 Å². The maximum atomic E-state index is 11.5. The minimum atomic E-state index is -1.02. The molecule has 210 valence electrons. The zero-order valence-corrected chi connectivity index (χ0v) is 24.5. The summed E-state index contributed by atoms with van der Waals surface area (Å²) in [5.41, 5.74) is 2.22. The summed E-state index contributed by atoms with van der Waals surface area (Å²) >= 11 is 0. The number of ether oxygens (including phenoxy) is 1. The Morgan fingerprint density at radius 1 is 1.11 bits per heavy atom. The van der Waals surface area contributed by atoms with Crippen LogP contribution < -0.4 is 0 Å². The van der Waals surface area contributed by atoms with E-state index in [1.165, 1.54) is 56.9 Å².